The summed E-state index contributed by atoms with van der Waals surface area (Å²) in [5.41, 5.74) is 0. The molecule has 2 N–H and O–H groups in total. The zero-order chi connectivity index (χ0) is 14.2. The van der Waals surface area contributed by atoms with E-state index in [1.807, 2.05) is 0 Å². The molecule has 104 valence electrons. The molecule has 7 heteroatoms. The summed E-state index contributed by atoms with van der Waals surface area (Å²) in [4.78, 5) is 26.9. The van der Waals surface area contributed by atoms with Gasteiger partial charge in [0.1, 0.15) is 5.76 Å². The highest BCUT2D eigenvalue weighted by Crippen LogP contribution is 2.10. The molecular formula is C13H13N3O3S. The number of carbonyl (C=O) groups excluding carboxylic acids is 2. The van der Waals surface area contributed by atoms with Gasteiger partial charge in [0, 0.05) is 30.6 Å². The summed E-state index contributed by atoms with van der Waals surface area (Å²) < 4.78 is 5.05. The first-order valence-corrected chi connectivity index (χ1v) is 6.81. The molecule has 0 saturated carbocycles. The van der Waals surface area contributed by atoms with Gasteiger partial charge in [-0.25, -0.2) is 4.98 Å². The van der Waals surface area contributed by atoms with Gasteiger partial charge in [0.2, 0.25) is 11.8 Å². The van der Waals surface area contributed by atoms with E-state index >= 15 is 0 Å². The zero-order valence-corrected chi connectivity index (χ0v) is 11.4. The molecule has 6 nitrogen and oxygen atoms in total. The van der Waals surface area contributed by atoms with Crippen LogP contribution in [0, 0.1) is 0 Å². The molecule has 0 radical (unpaired) electrons. The summed E-state index contributed by atoms with van der Waals surface area (Å²) in [5, 5.41) is 7.57. The van der Waals surface area contributed by atoms with Gasteiger partial charge >= 0.3 is 0 Å². The van der Waals surface area contributed by atoms with Crippen molar-refractivity contribution in [2.45, 2.75) is 6.42 Å². The van der Waals surface area contributed by atoms with Crippen molar-refractivity contribution in [1.29, 1.82) is 0 Å². The molecule has 0 saturated heterocycles. The Morgan fingerprint density at radius 1 is 1.45 bits per heavy atom. The van der Waals surface area contributed by atoms with E-state index in [1.165, 1.54) is 23.7 Å². The second-order valence-electron chi connectivity index (χ2n) is 3.78. The van der Waals surface area contributed by atoms with Crippen LogP contribution >= 0.6 is 11.3 Å². The van der Waals surface area contributed by atoms with Gasteiger partial charge in [-0.1, -0.05) is 0 Å². The monoisotopic (exact) mass is 291 g/mol. The molecule has 0 spiro atoms. The minimum atomic E-state index is -0.275. The van der Waals surface area contributed by atoms with Crippen molar-refractivity contribution >= 4 is 34.4 Å². The molecule has 2 aromatic rings. The predicted octanol–water partition coefficient (Wildman–Crippen LogP) is 1.89. The Balaban J connectivity index is 1.65. The molecule has 0 aromatic carbocycles. The third-order valence-corrected chi connectivity index (χ3v) is 2.96. The standard InChI is InChI=1S/C13H13N3O3S/c17-11(4-3-10-2-1-8-19-10)14-6-5-12(18)16-13-15-7-9-20-13/h1-4,7-9H,5-6H2,(H,14,17)(H,15,16,18)/b4-3+. The quantitative estimate of drug-likeness (QED) is 0.796. The lowest BCUT2D eigenvalue weighted by molar-refractivity contribution is -0.117. The maximum Gasteiger partial charge on any atom is 0.244 e. The minimum Gasteiger partial charge on any atom is -0.465 e. The van der Waals surface area contributed by atoms with E-state index in [0.29, 0.717) is 10.9 Å². The van der Waals surface area contributed by atoms with Crippen LogP contribution in [-0.4, -0.2) is 23.3 Å². The fourth-order valence-electron chi connectivity index (χ4n) is 1.37. The van der Waals surface area contributed by atoms with Crippen molar-refractivity contribution in [3.05, 3.63) is 41.8 Å². The second kappa shape index (κ2) is 7.25. The van der Waals surface area contributed by atoms with Crippen molar-refractivity contribution in [3.63, 3.8) is 0 Å². The van der Waals surface area contributed by atoms with Gasteiger partial charge < -0.3 is 15.1 Å². The van der Waals surface area contributed by atoms with Crippen LogP contribution in [0.5, 0.6) is 0 Å². The maximum absolute atomic E-state index is 11.5. The average Bonchev–Trinajstić information content (AvgIpc) is 3.09. The van der Waals surface area contributed by atoms with Crippen molar-refractivity contribution in [3.8, 4) is 0 Å². The number of anilines is 1. The van der Waals surface area contributed by atoms with E-state index in [-0.39, 0.29) is 24.8 Å². The average molecular weight is 291 g/mol. The van der Waals surface area contributed by atoms with Crippen LogP contribution in [0.3, 0.4) is 0 Å². The molecule has 0 atom stereocenters. The summed E-state index contributed by atoms with van der Waals surface area (Å²) >= 11 is 1.35. The summed E-state index contributed by atoms with van der Waals surface area (Å²) in [6, 6.07) is 3.48. The van der Waals surface area contributed by atoms with E-state index in [9.17, 15) is 9.59 Å². The predicted molar refractivity (Wildman–Crippen MR) is 76.1 cm³/mol. The third-order valence-electron chi connectivity index (χ3n) is 2.27. The van der Waals surface area contributed by atoms with Crippen molar-refractivity contribution in [2.24, 2.45) is 0 Å². The lowest BCUT2D eigenvalue weighted by Crippen LogP contribution is -2.26. The number of nitrogens with zero attached hydrogens (tertiary/aromatic N) is 1. The smallest absolute Gasteiger partial charge is 0.244 e. The Kier molecular flexibility index (Phi) is 5.08. The van der Waals surface area contributed by atoms with Crippen molar-refractivity contribution in [2.75, 3.05) is 11.9 Å². The molecule has 0 aliphatic rings. The van der Waals surface area contributed by atoms with Gasteiger partial charge in [0.05, 0.1) is 6.26 Å². The van der Waals surface area contributed by atoms with E-state index in [2.05, 4.69) is 15.6 Å². The van der Waals surface area contributed by atoms with Crippen LogP contribution in [-0.2, 0) is 9.59 Å². The fourth-order valence-corrected chi connectivity index (χ4v) is 1.91. The number of carbonyl (C=O) groups is 2. The largest absolute Gasteiger partial charge is 0.465 e. The molecular weight excluding hydrogens is 278 g/mol. The van der Waals surface area contributed by atoms with Crippen molar-refractivity contribution in [1.82, 2.24) is 10.3 Å². The topological polar surface area (TPSA) is 84.2 Å². The van der Waals surface area contributed by atoms with Crippen LogP contribution in [0.15, 0.2) is 40.5 Å². The number of hydrogen-bond acceptors (Lipinski definition) is 5. The number of amides is 2. The first kappa shape index (κ1) is 14.0. The van der Waals surface area contributed by atoms with Gasteiger partial charge in [-0.15, -0.1) is 11.3 Å². The molecule has 0 aliphatic heterocycles. The van der Waals surface area contributed by atoms with E-state index < -0.39 is 0 Å². The highest BCUT2D eigenvalue weighted by Gasteiger charge is 2.04. The molecule has 0 fully saturated rings. The van der Waals surface area contributed by atoms with Gasteiger partial charge in [-0.3, -0.25) is 9.59 Å². The Bertz CT molecular complexity index is 576. The van der Waals surface area contributed by atoms with Gasteiger partial charge in [-0.2, -0.15) is 0 Å². The molecule has 0 aliphatic carbocycles. The number of thiazole rings is 1. The second-order valence-corrected chi connectivity index (χ2v) is 4.67. The van der Waals surface area contributed by atoms with Crippen molar-refractivity contribution < 1.29 is 14.0 Å². The number of rotatable bonds is 6. The van der Waals surface area contributed by atoms with E-state index in [1.54, 1.807) is 29.8 Å². The Morgan fingerprint density at radius 2 is 2.35 bits per heavy atom. The maximum atomic E-state index is 11.5. The van der Waals surface area contributed by atoms with E-state index in [0.717, 1.165) is 0 Å². The Hall–Kier alpha value is -2.41. The van der Waals surface area contributed by atoms with Gasteiger partial charge in [0.15, 0.2) is 5.13 Å². The van der Waals surface area contributed by atoms with Crippen LogP contribution < -0.4 is 10.6 Å². The van der Waals surface area contributed by atoms with Gasteiger partial charge in [0.25, 0.3) is 0 Å². The molecule has 2 aromatic heterocycles. The third kappa shape index (κ3) is 4.69. The molecule has 2 heterocycles. The zero-order valence-electron chi connectivity index (χ0n) is 10.5. The SMILES string of the molecule is O=C(/C=C/c1ccco1)NCCC(=O)Nc1nccs1. The Morgan fingerprint density at radius 3 is 3.05 bits per heavy atom. The lowest BCUT2D eigenvalue weighted by Gasteiger charge is -2.02. The highest BCUT2D eigenvalue weighted by molar-refractivity contribution is 7.13. The molecule has 0 bridgehead atoms. The molecule has 2 amide bonds. The molecule has 20 heavy (non-hydrogen) atoms. The first-order valence-electron chi connectivity index (χ1n) is 5.93. The number of aromatic nitrogens is 1. The number of nitrogens with one attached hydrogen (secondary N) is 2. The summed E-state index contributed by atoms with van der Waals surface area (Å²) in [6.07, 6.45) is 6.25. The molecule has 0 unspecified atom stereocenters. The lowest BCUT2D eigenvalue weighted by atomic mass is 10.3. The fraction of sp³-hybridized carbons (Fsp3) is 0.154. The highest BCUT2D eigenvalue weighted by atomic mass is 32.1. The normalized spacial score (nSPS) is 10.6. The van der Waals surface area contributed by atoms with Crippen LogP contribution in [0.1, 0.15) is 12.2 Å². The van der Waals surface area contributed by atoms with Gasteiger partial charge in [-0.05, 0) is 18.2 Å². The summed E-state index contributed by atoms with van der Waals surface area (Å²) in [6.45, 7) is 0.262. The van der Waals surface area contributed by atoms with Crippen LogP contribution in [0.4, 0.5) is 5.13 Å². The summed E-state index contributed by atoms with van der Waals surface area (Å²) in [7, 11) is 0. The van der Waals surface area contributed by atoms with Crippen LogP contribution in [0.2, 0.25) is 0 Å². The number of hydrogen-bond donors (Lipinski definition) is 2. The Labute approximate surface area is 119 Å². The van der Waals surface area contributed by atoms with E-state index in [4.69, 9.17) is 4.42 Å². The summed E-state index contributed by atoms with van der Waals surface area (Å²) in [5.74, 6) is 0.139. The minimum absolute atomic E-state index is 0.185. The molecule has 2 rings (SSSR count). The first-order chi connectivity index (χ1) is 9.74. The number of furan rings is 1. The van der Waals surface area contributed by atoms with Crippen LogP contribution in [0.25, 0.3) is 6.08 Å².